The van der Waals surface area contributed by atoms with Crippen molar-refractivity contribution in [2.75, 3.05) is 20.8 Å². The number of methoxy groups -OCH3 is 2. The summed E-state index contributed by atoms with van der Waals surface area (Å²) in [6, 6.07) is 4.02. The van der Waals surface area contributed by atoms with Gasteiger partial charge in [-0.15, -0.1) is 0 Å². The van der Waals surface area contributed by atoms with Gasteiger partial charge in [0.2, 0.25) is 0 Å². The lowest BCUT2D eigenvalue weighted by atomic mass is 10.1. The monoisotopic (exact) mass is 277 g/mol. The van der Waals surface area contributed by atoms with Crippen molar-refractivity contribution in [1.29, 1.82) is 0 Å². The van der Waals surface area contributed by atoms with Gasteiger partial charge in [0.15, 0.2) is 11.5 Å². The van der Waals surface area contributed by atoms with Gasteiger partial charge in [-0.3, -0.25) is 0 Å². The molecule has 2 aromatic rings. The van der Waals surface area contributed by atoms with E-state index in [2.05, 4.69) is 17.7 Å². The van der Waals surface area contributed by atoms with E-state index in [9.17, 15) is 5.11 Å². The molecule has 2 rings (SSSR count). The molecule has 110 valence electrons. The van der Waals surface area contributed by atoms with Gasteiger partial charge in [-0.2, -0.15) is 0 Å². The molecule has 0 unspecified atom stereocenters. The van der Waals surface area contributed by atoms with Crippen molar-refractivity contribution >= 4 is 10.9 Å². The average Bonchev–Trinajstić information content (AvgIpc) is 2.81. The molecule has 0 spiro atoms. The topological polar surface area (TPSA) is 43.6 Å². The number of unbranched alkanes of at least 4 members (excludes halogenated alkanes) is 1. The molecular formula is C16H23NO3. The normalized spacial score (nSPS) is 11.0. The van der Waals surface area contributed by atoms with Crippen LogP contribution in [0, 0.1) is 0 Å². The van der Waals surface area contributed by atoms with Crippen LogP contribution in [0.25, 0.3) is 10.9 Å². The average molecular weight is 277 g/mol. The van der Waals surface area contributed by atoms with Crippen LogP contribution >= 0.6 is 0 Å². The molecule has 0 amide bonds. The Morgan fingerprint density at radius 1 is 1.15 bits per heavy atom. The molecule has 1 aromatic heterocycles. The lowest BCUT2D eigenvalue weighted by Crippen LogP contribution is -2.00. The Bertz CT molecular complexity index is 575. The van der Waals surface area contributed by atoms with Gasteiger partial charge < -0.3 is 19.1 Å². The zero-order valence-electron chi connectivity index (χ0n) is 12.5. The summed E-state index contributed by atoms with van der Waals surface area (Å²) in [4.78, 5) is 0. The Hall–Kier alpha value is -1.68. The van der Waals surface area contributed by atoms with Crippen LogP contribution in [-0.4, -0.2) is 30.5 Å². The highest BCUT2D eigenvalue weighted by atomic mass is 16.5. The fraction of sp³-hybridized carbons (Fsp3) is 0.500. The van der Waals surface area contributed by atoms with Crippen LogP contribution in [-0.2, 0) is 13.0 Å². The molecule has 4 heteroatoms. The van der Waals surface area contributed by atoms with Gasteiger partial charge in [0.1, 0.15) is 0 Å². The Morgan fingerprint density at radius 2 is 1.85 bits per heavy atom. The smallest absolute Gasteiger partial charge is 0.162 e. The lowest BCUT2D eigenvalue weighted by Gasteiger charge is -2.09. The molecule has 4 nitrogen and oxygen atoms in total. The van der Waals surface area contributed by atoms with Crippen LogP contribution in [0.2, 0.25) is 0 Å². The van der Waals surface area contributed by atoms with Crippen LogP contribution in [0.1, 0.15) is 25.3 Å². The summed E-state index contributed by atoms with van der Waals surface area (Å²) in [5.74, 6) is 1.47. The predicted molar refractivity (Wildman–Crippen MR) is 80.7 cm³/mol. The van der Waals surface area contributed by atoms with Crippen molar-refractivity contribution in [3.63, 3.8) is 0 Å². The molecule has 0 aliphatic carbocycles. The predicted octanol–water partition coefficient (Wildman–Crippen LogP) is 2.99. The minimum Gasteiger partial charge on any atom is -0.493 e. The van der Waals surface area contributed by atoms with Gasteiger partial charge in [0, 0.05) is 24.2 Å². The molecule has 1 heterocycles. The van der Waals surface area contributed by atoms with Gasteiger partial charge in [-0.25, -0.2) is 0 Å². The molecule has 0 atom stereocenters. The van der Waals surface area contributed by atoms with Crippen LogP contribution < -0.4 is 9.47 Å². The highest BCUT2D eigenvalue weighted by Gasteiger charge is 2.13. The van der Waals surface area contributed by atoms with Crippen LogP contribution in [0.4, 0.5) is 0 Å². The first-order chi connectivity index (χ1) is 9.74. The number of aliphatic hydroxyl groups is 1. The molecule has 0 bridgehead atoms. The van der Waals surface area contributed by atoms with Crippen molar-refractivity contribution in [3.8, 4) is 11.5 Å². The zero-order chi connectivity index (χ0) is 14.5. The minimum absolute atomic E-state index is 0.130. The molecule has 0 aliphatic heterocycles. The Balaban J connectivity index is 2.56. The standard InChI is InChI=1S/C16H23NO3/c1-4-5-6-12-11-17(7-8-18)14-10-16(20-3)15(19-2)9-13(12)14/h9-11,18H,4-8H2,1-3H3. The zero-order valence-corrected chi connectivity index (χ0v) is 12.5. The first-order valence-electron chi connectivity index (χ1n) is 7.09. The second-order valence-electron chi connectivity index (χ2n) is 4.90. The van der Waals surface area contributed by atoms with Gasteiger partial charge in [0.05, 0.1) is 26.3 Å². The largest absolute Gasteiger partial charge is 0.493 e. The number of fused-ring (bicyclic) bond motifs is 1. The maximum absolute atomic E-state index is 9.21. The van der Waals surface area contributed by atoms with Crippen LogP contribution in [0.15, 0.2) is 18.3 Å². The summed E-state index contributed by atoms with van der Waals surface area (Å²) in [6.07, 6.45) is 5.50. The van der Waals surface area contributed by atoms with E-state index < -0.39 is 0 Å². The van der Waals surface area contributed by atoms with E-state index in [1.165, 1.54) is 17.4 Å². The summed E-state index contributed by atoms with van der Waals surface area (Å²) < 4.78 is 12.8. The van der Waals surface area contributed by atoms with Crippen molar-refractivity contribution < 1.29 is 14.6 Å². The molecule has 0 saturated carbocycles. The van der Waals surface area contributed by atoms with Crippen molar-refractivity contribution in [3.05, 3.63) is 23.9 Å². The molecule has 0 radical (unpaired) electrons. The van der Waals surface area contributed by atoms with Gasteiger partial charge in [-0.1, -0.05) is 13.3 Å². The van der Waals surface area contributed by atoms with Crippen LogP contribution in [0.3, 0.4) is 0 Å². The third-order valence-electron chi connectivity index (χ3n) is 3.61. The number of rotatable bonds is 7. The second kappa shape index (κ2) is 6.66. The molecule has 20 heavy (non-hydrogen) atoms. The van der Waals surface area contributed by atoms with E-state index in [1.807, 2.05) is 12.1 Å². The van der Waals surface area contributed by atoms with Gasteiger partial charge in [-0.05, 0) is 24.5 Å². The second-order valence-corrected chi connectivity index (χ2v) is 4.90. The van der Waals surface area contributed by atoms with E-state index >= 15 is 0 Å². The molecular weight excluding hydrogens is 254 g/mol. The quantitative estimate of drug-likeness (QED) is 0.846. The van der Waals surface area contributed by atoms with Crippen molar-refractivity contribution in [1.82, 2.24) is 4.57 Å². The third kappa shape index (κ3) is 2.75. The fourth-order valence-electron chi connectivity index (χ4n) is 2.55. The van der Waals surface area contributed by atoms with E-state index in [1.54, 1.807) is 14.2 Å². The first kappa shape index (κ1) is 14.7. The number of ether oxygens (including phenoxy) is 2. The van der Waals surface area contributed by atoms with E-state index in [0.717, 1.165) is 29.9 Å². The first-order valence-corrected chi connectivity index (χ1v) is 7.09. The number of aliphatic hydroxyl groups excluding tert-OH is 1. The van der Waals surface area contributed by atoms with Crippen molar-refractivity contribution in [2.24, 2.45) is 0 Å². The maximum atomic E-state index is 9.21. The highest BCUT2D eigenvalue weighted by Crippen LogP contribution is 2.35. The number of nitrogens with zero attached hydrogens (tertiary/aromatic N) is 1. The summed E-state index contributed by atoms with van der Waals surface area (Å²) in [6.45, 7) is 2.92. The number of hydrogen-bond donors (Lipinski definition) is 1. The van der Waals surface area contributed by atoms with Crippen molar-refractivity contribution in [2.45, 2.75) is 32.7 Å². The molecule has 0 fully saturated rings. The lowest BCUT2D eigenvalue weighted by molar-refractivity contribution is 0.278. The SMILES string of the molecule is CCCCc1cn(CCO)c2cc(OC)c(OC)cc12. The Labute approximate surface area is 119 Å². The van der Waals surface area contributed by atoms with E-state index in [-0.39, 0.29) is 6.61 Å². The Kier molecular flexibility index (Phi) is 4.90. The van der Waals surface area contributed by atoms with Gasteiger partial charge >= 0.3 is 0 Å². The van der Waals surface area contributed by atoms with Gasteiger partial charge in [0.25, 0.3) is 0 Å². The maximum Gasteiger partial charge on any atom is 0.162 e. The number of aromatic nitrogens is 1. The summed E-state index contributed by atoms with van der Waals surface area (Å²) in [7, 11) is 3.29. The van der Waals surface area contributed by atoms with E-state index in [0.29, 0.717) is 6.54 Å². The number of hydrogen-bond acceptors (Lipinski definition) is 3. The fourth-order valence-corrected chi connectivity index (χ4v) is 2.55. The minimum atomic E-state index is 0.130. The Morgan fingerprint density at radius 3 is 2.45 bits per heavy atom. The number of aryl methyl sites for hydroxylation is 1. The highest BCUT2D eigenvalue weighted by molar-refractivity contribution is 5.87. The number of benzene rings is 1. The molecule has 0 aliphatic rings. The molecule has 1 N–H and O–H groups in total. The summed E-state index contributed by atoms with van der Waals surface area (Å²) in [5.41, 5.74) is 2.39. The molecule has 0 saturated heterocycles. The van der Waals surface area contributed by atoms with E-state index in [4.69, 9.17) is 9.47 Å². The molecule has 1 aromatic carbocycles. The summed E-state index contributed by atoms with van der Waals surface area (Å²) in [5, 5.41) is 10.4. The van der Waals surface area contributed by atoms with Crippen LogP contribution in [0.5, 0.6) is 11.5 Å². The summed E-state index contributed by atoms with van der Waals surface area (Å²) >= 11 is 0. The third-order valence-corrected chi connectivity index (χ3v) is 3.61.